The molecule has 0 amide bonds. The number of hydrazine groups is 1. The normalized spacial score (nSPS) is 17.4. The Kier molecular flexibility index (Phi) is 5.54. The van der Waals surface area contributed by atoms with Crippen LogP contribution in [0.4, 0.5) is 0 Å². The van der Waals surface area contributed by atoms with E-state index in [2.05, 4.69) is 36.6 Å². The molecule has 3 N–H and O–H groups in total. The highest BCUT2D eigenvalue weighted by Gasteiger charge is 2.19. The smallest absolute Gasteiger partial charge is 0.0550 e. The third kappa shape index (κ3) is 3.50. The van der Waals surface area contributed by atoms with Crippen molar-refractivity contribution in [3.63, 3.8) is 0 Å². The van der Waals surface area contributed by atoms with Crippen LogP contribution in [0.3, 0.4) is 0 Å². The first-order valence-electron chi connectivity index (χ1n) is 6.99. The molecule has 1 saturated carbocycles. The van der Waals surface area contributed by atoms with Crippen molar-refractivity contribution < 1.29 is 0 Å². The fraction of sp³-hybridized carbons (Fsp3) is 0.600. The van der Waals surface area contributed by atoms with Gasteiger partial charge in [-0.05, 0) is 42.1 Å². The molecule has 0 aromatic heterocycles. The molecule has 0 saturated heterocycles. The summed E-state index contributed by atoms with van der Waals surface area (Å²) in [5.74, 6) is 8.73. The third-order valence-corrected chi connectivity index (χ3v) is 5.02. The van der Waals surface area contributed by atoms with E-state index in [0.29, 0.717) is 0 Å². The molecule has 1 fully saturated rings. The van der Waals surface area contributed by atoms with Crippen LogP contribution in [-0.4, -0.2) is 11.5 Å². The molecule has 0 bridgehead atoms. The molecule has 1 aliphatic carbocycles. The summed E-state index contributed by atoms with van der Waals surface area (Å²) in [6.45, 7) is 2.21. The molecule has 0 radical (unpaired) electrons. The van der Waals surface area contributed by atoms with E-state index in [9.17, 15) is 0 Å². The fourth-order valence-electron chi connectivity index (χ4n) is 2.33. The largest absolute Gasteiger partial charge is 0.271 e. The highest BCUT2D eigenvalue weighted by Crippen LogP contribution is 2.36. The van der Waals surface area contributed by atoms with Crippen LogP contribution < -0.4 is 11.3 Å². The van der Waals surface area contributed by atoms with Crippen LogP contribution in [0.2, 0.25) is 0 Å². The number of hydrogen-bond acceptors (Lipinski definition) is 3. The molecule has 0 spiro atoms. The van der Waals surface area contributed by atoms with Gasteiger partial charge in [-0.3, -0.25) is 11.3 Å². The van der Waals surface area contributed by atoms with E-state index in [1.165, 1.54) is 42.6 Å². The van der Waals surface area contributed by atoms with E-state index in [1.54, 1.807) is 0 Å². The fourth-order valence-corrected chi connectivity index (χ4v) is 3.31. The second-order valence-electron chi connectivity index (χ2n) is 5.09. The second kappa shape index (κ2) is 7.17. The number of rotatable bonds is 7. The topological polar surface area (TPSA) is 38.0 Å². The number of benzene rings is 1. The minimum absolute atomic E-state index is 0.275. The van der Waals surface area contributed by atoms with E-state index in [4.69, 9.17) is 5.84 Å². The Bertz CT molecular complexity index is 346. The van der Waals surface area contributed by atoms with Crippen molar-refractivity contribution in [1.29, 1.82) is 0 Å². The van der Waals surface area contributed by atoms with Gasteiger partial charge in [0.2, 0.25) is 0 Å². The maximum Gasteiger partial charge on any atom is 0.0550 e. The van der Waals surface area contributed by atoms with Gasteiger partial charge < -0.3 is 0 Å². The van der Waals surface area contributed by atoms with Crippen molar-refractivity contribution >= 4 is 11.8 Å². The van der Waals surface area contributed by atoms with Crippen LogP contribution in [0.15, 0.2) is 24.3 Å². The van der Waals surface area contributed by atoms with E-state index >= 15 is 0 Å². The molecule has 0 heterocycles. The van der Waals surface area contributed by atoms with Crippen LogP contribution in [0.1, 0.15) is 55.7 Å². The Labute approximate surface area is 115 Å². The average Bonchev–Trinajstić information content (AvgIpc) is 2.34. The maximum absolute atomic E-state index is 5.66. The van der Waals surface area contributed by atoms with Gasteiger partial charge in [-0.25, -0.2) is 0 Å². The Morgan fingerprint density at radius 3 is 2.56 bits per heavy atom. The molecule has 1 atom stereocenters. The average molecular weight is 264 g/mol. The third-order valence-electron chi connectivity index (χ3n) is 3.75. The molecule has 100 valence electrons. The van der Waals surface area contributed by atoms with Crippen molar-refractivity contribution in [2.75, 3.05) is 11.5 Å². The molecule has 1 aromatic carbocycles. The van der Waals surface area contributed by atoms with Gasteiger partial charge in [0.25, 0.3) is 0 Å². The van der Waals surface area contributed by atoms with E-state index in [-0.39, 0.29) is 6.04 Å². The van der Waals surface area contributed by atoms with Crippen molar-refractivity contribution in [1.82, 2.24) is 5.43 Å². The lowest BCUT2D eigenvalue weighted by Gasteiger charge is -2.26. The van der Waals surface area contributed by atoms with Gasteiger partial charge in [-0.2, -0.15) is 11.8 Å². The van der Waals surface area contributed by atoms with Crippen LogP contribution in [-0.2, 0) is 0 Å². The summed E-state index contributed by atoms with van der Waals surface area (Å²) in [7, 11) is 0. The summed E-state index contributed by atoms with van der Waals surface area (Å²) in [4.78, 5) is 0. The quantitative estimate of drug-likeness (QED) is 0.449. The van der Waals surface area contributed by atoms with Gasteiger partial charge in [0.1, 0.15) is 0 Å². The standard InChI is InChI=1S/C15H24N2S/c1-2-10-18-11-15(17-16)14-8-6-13(7-9-14)12-4-3-5-12/h6-9,12,15,17H,2-5,10-11,16H2,1H3. The van der Waals surface area contributed by atoms with Gasteiger partial charge in [0.15, 0.2) is 0 Å². The second-order valence-corrected chi connectivity index (χ2v) is 6.24. The van der Waals surface area contributed by atoms with Crippen LogP contribution in [0.5, 0.6) is 0 Å². The summed E-state index contributed by atoms with van der Waals surface area (Å²) in [5.41, 5.74) is 5.74. The van der Waals surface area contributed by atoms with Gasteiger partial charge in [-0.15, -0.1) is 0 Å². The molecule has 1 unspecified atom stereocenters. The monoisotopic (exact) mass is 264 g/mol. The lowest BCUT2D eigenvalue weighted by Crippen LogP contribution is -2.29. The minimum Gasteiger partial charge on any atom is -0.271 e. The van der Waals surface area contributed by atoms with Gasteiger partial charge in [0.05, 0.1) is 6.04 Å². The number of hydrogen-bond donors (Lipinski definition) is 2. The molecule has 2 rings (SSSR count). The molecule has 18 heavy (non-hydrogen) atoms. The first-order chi connectivity index (χ1) is 8.85. The summed E-state index contributed by atoms with van der Waals surface area (Å²) in [5, 5.41) is 0. The van der Waals surface area contributed by atoms with Gasteiger partial charge in [-0.1, -0.05) is 37.6 Å². The predicted octanol–water partition coefficient (Wildman–Crippen LogP) is 3.60. The molecular weight excluding hydrogens is 240 g/mol. The zero-order chi connectivity index (χ0) is 12.8. The Morgan fingerprint density at radius 1 is 1.33 bits per heavy atom. The Hall–Kier alpha value is -0.510. The Morgan fingerprint density at radius 2 is 2.06 bits per heavy atom. The molecule has 3 heteroatoms. The van der Waals surface area contributed by atoms with Gasteiger partial charge >= 0.3 is 0 Å². The first kappa shape index (κ1) is 13.9. The molecule has 0 aliphatic heterocycles. The zero-order valence-corrected chi connectivity index (χ0v) is 12.0. The molecule has 1 aromatic rings. The van der Waals surface area contributed by atoms with Crippen LogP contribution in [0.25, 0.3) is 0 Å². The maximum atomic E-state index is 5.66. The highest BCUT2D eigenvalue weighted by atomic mass is 32.2. The molecule has 2 nitrogen and oxygen atoms in total. The van der Waals surface area contributed by atoms with E-state index < -0.39 is 0 Å². The van der Waals surface area contributed by atoms with Crippen molar-refractivity contribution in [2.24, 2.45) is 5.84 Å². The SMILES string of the molecule is CCCSCC(NN)c1ccc(C2CCC2)cc1. The van der Waals surface area contributed by atoms with E-state index in [0.717, 1.165) is 11.7 Å². The van der Waals surface area contributed by atoms with Crippen molar-refractivity contribution in [3.05, 3.63) is 35.4 Å². The van der Waals surface area contributed by atoms with Crippen LogP contribution >= 0.6 is 11.8 Å². The van der Waals surface area contributed by atoms with Gasteiger partial charge in [0, 0.05) is 5.75 Å². The van der Waals surface area contributed by atoms with Crippen LogP contribution in [0, 0.1) is 0 Å². The number of nitrogens with two attached hydrogens (primary N) is 1. The summed E-state index contributed by atoms with van der Waals surface area (Å²) < 4.78 is 0. The zero-order valence-electron chi connectivity index (χ0n) is 11.2. The highest BCUT2D eigenvalue weighted by molar-refractivity contribution is 7.99. The Balaban J connectivity index is 1.93. The number of nitrogens with one attached hydrogen (secondary N) is 1. The lowest BCUT2D eigenvalue weighted by atomic mass is 9.80. The summed E-state index contributed by atoms with van der Waals surface area (Å²) in [6, 6.07) is 9.33. The minimum atomic E-state index is 0.275. The first-order valence-corrected chi connectivity index (χ1v) is 8.14. The van der Waals surface area contributed by atoms with Crippen molar-refractivity contribution in [3.8, 4) is 0 Å². The summed E-state index contributed by atoms with van der Waals surface area (Å²) >= 11 is 1.96. The molecule has 1 aliphatic rings. The van der Waals surface area contributed by atoms with Crippen molar-refractivity contribution in [2.45, 2.75) is 44.6 Å². The predicted molar refractivity (Wildman–Crippen MR) is 80.7 cm³/mol. The number of thioether (sulfide) groups is 1. The summed E-state index contributed by atoms with van der Waals surface area (Å²) in [6.07, 6.45) is 5.35. The van der Waals surface area contributed by atoms with E-state index in [1.807, 2.05) is 11.8 Å². The lowest BCUT2D eigenvalue weighted by molar-refractivity contribution is 0.419. The molecular formula is C15H24N2S.